The second-order valence-corrected chi connectivity index (χ2v) is 7.25. The summed E-state index contributed by atoms with van der Waals surface area (Å²) in [4.78, 5) is -0.273. The van der Waals surface area contributed by atoms with E-state index in [4.69, 9.17) is 4.74 Å². The molecule has 0 spiro atoms. The van der Waals surface area contributed by atoms with Crippen molar-refractivity contribution in [3.05, 3.63) is 84.4 Å². The van der Waals surface area contributed by atoms with Crippen LogP contribution in [0.25, 0.3) is 0 Å². The molecule has 0 fully saturated rings. The molecule has 0 saturated carbocycles. The Hall–Kier alpha value is -3.00. The zero-order valence-electron chi connectivity index (χ0n) is 13.8. The summed E-state index contributed by atoms with van der Waals surface area (Å²) < 4.78 is 70.6. The van der Waals surface area contributed by atoms with Crippen LogP contribution in [0.1, 0.15) is 5.56 Å². The van der Waals surface area contributed by atoms with E-state index in [9.17, 15) is 21.6 Å². The lowest BCUT2D eigenvalue weighted by Crippen LogP contribution is -2.13. The fourth-order valence-electron chi connectivity index (χ4n) is 2.28. The van der Waals surface area contributed by atoms with E-state index in [1.807, 2.05) is 6.07 Å². The molecule has 0 atom stereocenters. The van der Waals surface area contributed by atoms with Crippen molar-refractivity contribution in [3.8, 4) is 11.5 Å². The molecule has 8 heteroatoms. The minimum atomic E-state index is -4.53. The van der Waals surface area contributed by atoms with Crippen molar-refractivity contribution < 1.29 is 26.3 Å². The second kappa shape index (κ2) is 7.32. The zero-order valence-corrected chi connectivity index (χ0v) is 14.6. The number of para-hydroxylation sites is 1. The lowest BCUT2D eigenvalue weighted by Gasteiger charge is -2.11. The highest BCUT2D eigenvalue weighted by molar-refractivity contribution is 7.92. The maximum Gasteiger partial charge on any atom is 0.416 e. The van der Waals surface area contributed by atoms with Gasteiger partial charge in [-0.1, -0.05) is 24.3 Å². The smallest absolute Gasteiger partial charge is 0.416 e. The maximum absolute atomic E-state index is 12.6. The van der Waals surface area contributed by atoms with Crippen molar-refractivity contribution in [3.63, 3.8) is 0 Å². The van der Waals surface area contributed by atoms with Crippen LogP contribution in [0.3, 0.4) is 0 Å². The van der Waals surface area contributed by atoms with Crippen LogP contribution in [0.4, 0.5) is 18.9 Å². The average Bonchev–Trinajstić information content (AvgIpc) is 2.62. The van der Waals surface area contributed by atoms with Crippen LogP contribution in [0, 0.1) is 0 Å². The van der Waals surface area contributed by atoms with E-state index in [0.29, 0.717) is 11.5 Å². The Bertz CT molecular complexity index is 1020. The molecule has 0 radical (unpaired) electrons. The maximum atomic E-state index is 12.6. The zero-order chi connectivity index (χ0) is 19.5. The summed E-state index contributed by atoms with van der Waals surface area (Å²) in [6.45, 7) is 0. The number of alkyl halides is 3. The predicted molar refractivity (Wildman–Crippen MR) is 95.2 cm³/mol. The van der Waals surface area contributed by atoms with Crippen LogP contribution in [-0.4, -0.2) is 8.42 Å². The van der Waals surface area contributed by atoms with E-state index in [-0.39, 0.29) is 10.6 Å². The van der Waals surface area contributed by atoms with Gasteiger partial charge in [-0.25, -0.2) is 8.42 Å². The third-order valence-electron chi connectivity index (χ3n) is 3.56. The molecule has 3 aromatic carbocycles. The van der Waals surface area contributed by atoms with Gasteiger partial charge in [-0.15, -0.1) is 0 Å². The number of anilines is 1. The minimum absolute atomic E-state index is 0.225. The normalized spacial score (nSPS) is 11.8. The van der Waals surface area contributed by atoms with Crippen LogP contribution in [0.15, 0.2) is 83.8 Å². The van der Waals surface area contributed by atoms with Crippen molar-refractivity contribution in [1.82, 2.24) is 0 Å². The van der Waals surface area contributed by atoms with E-state index in [1.165, 1.54) is 12.1 Å². The van der Waals surface area contributed by atoms with Crippen molar-refractivity contribution in [2.24, 2.45) is 0 Å². The molecule has 4 nitrogen and oxygen atoms in total. The Morgan fingerprint density at radius 1 is 0.778 bits per heavy atom. The summed E-state index contributed by atoms with van der Waals surface area (Å²) in [6, 6.07) is 18.5. The summed E-state index contributed by atoms with van der Waals surface area (Å²) in [5.74, 6) is 0.995. The predicted octanol–water partition coefficient (Wildman–Crippen LogP) is 5.30. The Labute approximate surface area is 154 Å². The van der Waals surface area contributed by atoms with Gasteiger partial charge in [0.2, 0.25) is 0 Å². The molecule has 140 valence electrons. The fraction of sp³-hybridized carbons (Fsp3) is 0.0526. The van der Waals surface area contributed by atoms with E-state index in [2.05, 4.69) is 4.72 Å². The molecular formula is C19H14F3NO3S. The number of benzene rings is 3. The first kappa shape index (κ1) is 18.8. The van der Waals surface area contributed by atoms with Gasteiger partial charge in [0, 0.05) is 6.07 Å². The van der Waals surface area contributed by atoms with Gasteiger partial charge in [-0.3, -0.25) is 4.72 Å². The molecule has 0 aliphatic heterocycles. The molecular weight excluding hydrogens is 379 g/mol. The monoisotopic (exact) mass is 393 g/mol. The van der Waals surface area contributed by atoms with Gasteiger partial charge in [0.15, 0.2) is 0 Å². The standard InChI is InChI=1S/C19H14F3NO3S/c20-19(21,22)14-9-11-18(12-10-14)27(24,25)23-15-5-4-8-17(13-15)26-16-6-2-1-3-7-16/h1-13,23H. The molecule has 0 saturated heterocycles. The summed E-state index contributed by atoms with van der Waals surface area (Å²) in [5, 5.41) is 0. The van der Waals surface area contributed by atoms with E-state index in [1.54, 1.807) is 36.4 Å². The molecule has 3 aromatic rings. The first-order chi connectivity index (χ1) is 12.7. The second-order valence-electron chi connectivity index (χ2n) is 5.57. The first-order valence-electron chi connectivity index (χ1n) is 7.77. The molecule has 0 bridgehead atoms. The summed E-state index contributed by atoms with van der Waals surface area (Å²) in [7, 11) is -4.04. The Morgan fingerprint density at radius 2 is 1.41 bits per heavy atom. The van der Waals surface area contributed by atoms with Crippen molar-refractivity contribution in [2.45, 2.75) is 11.1 Å². The fourth-order valence-corrected chi connectivity index (χ4v) is 3.33. The average molecular weight is 393 g/mol. The molecule has 0 unspecified atom stereocenters. The van der Waals surface area contributed by atoms with Crippen LogP contribution >= 0.6 is 0 Å². The van der Waals surface area contributed by atoms with Crippen molar-refractivity contribution in [1.29, 1.82) is 0 Å². The molecule has 3 rings (SSSR count). The quantitative estimate of drug-likeness (QED) is 0.640. The van der Waals surface area contributed by atoms with Crippen molar-refractivity contribution in [2.75, 3.05) is 4.72 Å². The van der Waals surface area contributed by atoms with Crippen LogP contribution in [0.5, 0.6) is 11.5 Å². The molecule has 0 aliphatic carbocycles. The number of hydrogen-bond acceptors (Lipinski definition) is 3. The SMILES string of the molecule is O=S(=O)(Nc1cccc(Oc2ccccc2)c1)c1ccc(C(F)(F)F)cc1. The van der Waals surface area contributed by atoms with Crippen LogP contribution in [-0.2, 0) is 16.2 Å². The lowest BCUT2D eigenvalue weighted by molar-refractivity contribution is -0.137. The Balaban J connectivity index is 1.78. The topological polar surface area (TPSA) is 55.4 Å². The van der Waals surface area contributed by atoms with Gasteiger partial charge in [0.1, 0.15) is 11.5 Å². The van der Waals surface area contributed by atoms with Crippen molar-refractivity contribution >= 4 is 15.7 Å². The third-order valence-corrected chi connectivity index (χ3v) is 4.95. The highest BCUT2D eigenvalue weighted by atomic mass is 32.2. The molecule has 0 heterocycles. The van der Waals surface area contributed by atoms with E-state index in [0.717, 1.165) is 24.3 Å². The van der Waals surface area contributed by atoms with E-state index < -0.39 is 21.8 Å². The number of ether oxygens (including phenoxy) is 1. The number of nitrogens with one attached hydrogen (secondary N) is 1. The van der Waals surface area contributed by atoms with Gasteiger partial charge < -0.3 is 4.74 Å². The highest BCUT2D eigenvalue weighted by Gasteiger charge is 2.30. The number of hydrogen-bond donors (Lipinski definition) is 1. The first-order valence-corrected chi connectivity index (χ1v) is 9.25. The van der Waals surface area contributed by atoms with Crippen LogP contribution < -0.4 is 9.46 Å². The van der Waals surface area contributed by atoms with Gasteiger partial charge in [-0.2, -0.15) is 13.2 Å². The molecule has 0 aromatic heterocycles. The number of sulfonamides is 1. The summed E-state index contributed by atoms with van der Waals surface area (Å²) >= 11 is 0. The number of rotatable bonds is 5. The largest absolute Gasteiger partial charge is 0.457 e. The Morgan fingerprint density at radius 3 is 2.04 bits per heavy atom. The summed E-state index contributed by atoms with van der Waals surface area (Å²) in [5.41, 5.74) is -0.692. The molecule has 27 heavy (non-hydrogen) atoms. The third kappa shape index (κ3) is 4.79. The van der Waals surface area contributed by atoms with Crippen LogP contribution in [0.2, 0.25) is 0 Å². The van der Waals surface area contributed by atoms with E-state index >= 15 is 0 Å². The minimum Gasteiger partial charge on any atom is -0.457 e. The van der Waals surface area contributed by atoms with Gasteiger partial charge in [0.05, 0.1) is 16.1 Å². The molecule has 1 N–H and O–H groups in total. The summed E-state index contributed by atoms with van der Waals surface area (Å²) in [6.07, 6.45) is -4.53. The highest BCUT2D eigenvalue weighted by Crippen LogP contribution is 2.30. The number of halogens is 3. The lowest BCUT2D eigenvalue weighted by atomic mass is 10.2. The van der Waals surface area contributed by atoms with Gasteiger partial charge in [0.25, 0.3) is 10.0 Å². The molecule has 0 amide bonds. The Kier molecular flexibility index (Phi) is 5.09. The van der Waals surface area contributed by atoms with Gasteiger partial charge >= 0.3 is 6.18 Å². The van der Waals surface area contributed by atoms with Gasteiger partial charge in [-0.05, 0) is 48.5 Å². The molecule has 0 aliphatic rings.